The van der Waals surface area contributed by atoms with Gasteiger partial charge in [0, 0.05) is 13.2 Å². The van der Waals surface area contributed by atoms with Gasteiger partial charge in [0.15, 0.2) is 18.1 Å². The summed E-state index contributed by atoms with van der Waals surface area (Å²) in [4.78, 5) is 11.8. The lowest BCUT2D eigenvalue weighted by Gasteiger charge is -2.16. The number of amides is 1. The number of methoxy groups -OCH3 is 2. The van der Waals surface area contributed by atoms with Gasteiger partial charge >= 0.3 is 0 Å². The van der Waals surface area contributed by atoms with E-state index in [0.717, 1.165) is 5.56 Å². The molecule has 1 atom stereocenters. The van der Waals surface area contributed by atoms with Crippen molar-refractivity contribution >= 4 is 5.91 Å². The van der Waals surface area contributed by atoms with Crippen molar-refractivity contribution in [3.8, 4) is 11.5 Å². The second-order valence-electron chi connectivity index (χ2n) is 4.70. The lowest BCUT2D eigenvalue weighted by molar-refractivity contribution is -0.124. The fourth-order valence-electron chi connectivity index (χ4n) is 1.98. The van der Waals surface area contributed by atoms with Crippen LogP contribution in [0, 0.1) is 0 Å². The van der Waals surface area contributed by atoms with Crippen LogP contribution in [-0.2, 0) is 16.0 Å². The molecule has 21 heavy (non-hydrogen) atoms. The highest BCUT2D eigenvalue weighted by Crippen LogP contribution is 2.31. The lowest BCUT2D eigenvalue weighted by atomic mass is 10.1. The number of nitrogens with one attached hydrogen (secondary N) is 1. The number of carbonyl (C=O) groups is 1. The third kappa shape index (κ3) is 5.61. The fraction of sp³-hybridized carbons (Fsp3) is 0.533. The van der Waals surface area contributed by atoms with Gasteiger partial charge in [0.2, 0.25) is 0 Å². The van der Waals surface area contributed by atoms with Crippen molar-refractivity contribution in [3.05, 3.63) is 23.8 Å². The van der Waals surface area contributed by atoms with E-state index < -0.39 is 0 Å². The molecule has 0 aliphatic heterocycles. The fourth-order valence-corrected chi connectivity index (χ4v) is 1.98. The number of carbonyl (C=O) groups excluding carboxylic acids is 1. The van der Waals surface area contributed by atoms with Crippen molar-refractivity contribution < 1.29 is 19.0 Å². The molecule has 0 radical (unpaired) electrons. The summed E-state index contributed by atoms with van der Waals surface area (Å²) >= 11 is 0. The Morgan fingerprint density at radius 3 is 2.76 bits per heavy atom. The van der Waals surface area contributed by atoms with Crippen LogP contribution in [0.25, 0.3) is 0 Å². The Morgan fingerprint density at radius 2 is 2.14 bits per heavy atom. The molecule has 0 bridgehead atoms. The predicted molar refractivity (Wildman–Crippen MR) is 80.7 cm³/mol. The SMILES string of the molecule is COCC(C)NC(=O)COc1c(CCN)cccc1OC. The summed E-state index contributed by atoms with van der Waals surface area (Å²) in [6, 6.07) is 5.52. The van der Waals surface area contributed by atoms with Crippen molar-refractivity contribution in [2.75, 3.05) is 34.0 Å². The maximum absolute atomic E-state index is 11.8. The molecular formula is C15H24N2O4. The summed E-state index contributed by atoms with van der Waals surface area (Å²) in [7, 11) is 3.15. The van der Waals surface area contributed by atoms with E-state index in [1.54, 1.807) is 20.3 Å². The monoisotopic (exact) mass is 296 g/mol. The third-order valence-corrected chi connectivity index (χ3v) is 2.87. The topological polar surface area (TPSA) is 82.8 Å². The van der Waals surface area contributed by atoms with E-state index in [-0.39, 0.29) is 18.6 Å². The molecule has 1 aromatic carbocycles. The summed E-state index contributed by atoms with van der Waals surface area (Å²) in [5.74, 6) is 0.961. The zero-order chi connectivity index (χ0) is 15.7. The number of hydrogen-bond acceptors (Lipinski definition) is 5. The van der Waals surface area contributed by atoms with Crippen molar-refractivity contribution in [3.63, 3.8) is 0 Å². The molecule has 1 amide bonds. The molecule has 1 rings (SSSR count). The Balaban J connectivity index is 2.67. The number of para-hydroxylation sites is 1. The molecular weight excluding hydrogens is 272 g/mol. The molecule has 0 aliphatic rings. The maximum atomic E-state index is 11.8. The first-order chi connectivity index (χ1) is 10.1. The largest absolute Gasteiger partial charge is 0.493 e. The van der Waals surface area contributed by atoms with Crippen LogP contribution in [0.15, 0.2) is 18.2 Å². The van der Waals surface area contributed by atoms with Crippen LogP contribution in [0.1, 0.15) is 12.5 Å². The Kier molecular flexibility index (Phi) is 7.56. The van der Waals surface area contributed by atoms with Gasteiger partial charge in [0.05, 0.1) is 13.7 Å². The van der Waals surface area contributed by atoms with Gasteiger partial charge in [-0.05, 0) is 31.5 Å². The van der Waals surface area contributed by atoms with Gasteiger partial charge in [-0.3, -0.25) is 4.79 Å². The molecule has 118 valence electrons. The molecule has 0 spiro atoms. The van der Waals surface area contributed by atoms with Crippen molar-refractivity contribution in [1.82, 2.24) is 5.32 Å². The van der Waals surface area contributed by atoms with Crippen molar-refractivity contribution in [2.45, 2.75) is 19.4 Å². The highest BCUT2D eigenvalue weighted by Gasteiger charge is 2.13. The van der Waals surface area contributed by atoms with Gasteiger partial charge in [-0.2, -0.15) is 0 Å². The minimum Gasteiger partial charge on any atom is -0.493 e. The van der Waals surface area contributed by atoms with Crippen LogP contribution in [0.4, 0.5) is 0 Å². The van der Waals surface area contributed by atoms with E-state index in [1.807, 2.05) is 19.1 Å². The predicted octanol–water partition coefficient (Wildman–Crippen LogP) is 0.726. The van der Waals surface area contributed by atoms with E-state index in [0.29, 0.717) is 31.1 Å². The zero-order valence-corrected chi connectivity index (χ0v) is 12.8. The minimum absolute atomic E-state index is 0.0627. The molecule has 1 aromatic rings. The van der Waals surface area contributed by atoms with E-state index in [4.69, 9.17) is 19.9 Å². The maximum Gasteiger partial charge on any atom is 0.258 e. The van der Waals surface area contributed by atoms with Crippen LogP contribution in [0.5, 0.6) is 11.5 Å². The van der Waals surface area contributed by atoms with E-state index >= 15 is 0 Å². The minimum atomic E-state index is -0.204. The Bertz CT molecular complexity index is 451. The second kappa shape index (κ2) is 9.20. The average molecular weight is 296 g/mol. The average Bonchev–Trinajstić information content (AvgIpc) is 2.46. The van der Waals surface area contributed by atoms with Crippen LogP contribution in [-0.4, -0.2) is 45.9 Å². The molecule has 3 N–H and O–H groups in total. The van der Waals surface area contributed by atoms with Gasteiger partial charge in [0.25, 0.3) is 5.91 Å². The van der Waals surface area contributed by atoms with Gasteiger partial charge in [0.1, 0.15) is 0 Å². The highest BCUT2D eigenvalue weighted by molar-refractivity contribution is 5.78. The Hall–Kier alpha value is -1.79. The Labute approximate surface area is 125 Å². The number of benzene rings is 1. The van der Waals surface area contributed by atoms with Crippen molar-refractivity contribution in [2.24, 2.45) is 5.73 Å². The first-order valence-electron chi connectivity index (χ1n) is 6.89. The molecule has 6 nitrogen and oxygen atoms in total. The summed E-state index contributed by atoms with van der Waals surface area (Å²) in [6.45, 7) is 2.75. The zero-order valence-electron chi connectivity index (χ0n) is 12.8. The van der Waals surface area contributed by atoms with Crippen LogP contribution >= 0.6 is 0 Å². The standard InChI is InChI=1S/C15H24N2O4/c1-11(9-19-2)17-14(18)10-21-15-12(7-8-16)5-4-6-13(15)20-3/h4-6,11H,7-10,16H2,1-3H3,(H,17,18). The van der Waals surface area contributed by atoms with Crippen molar-refractivity contribution in [1.29, 1.82) is 0 Å². The normalized spacial score (nSPS) is 11.8. The molecule has 0 fully saturated rings. The van der Waals surface area contributed by atoms with Gasteiger partial charge in [-0.1, -0.05) is 12.1 Å². The molecule has 6 heteroatoms. The molecule has 1 unspecified atom stereocenters. The summed E-state index contributed by atoms with van der Waals surface area (Å²) < 4.78 is 15.9. The highest BCUT2D eigenvalue weighted by atomic mass is 16.5. The first kappa shape index (κ1) is 17.3. The molecule has 0 aliphatic carbocycles. The van der Waals surface area contributed by atoms with Crippen LogP contribution in [0.3, 0.4) is 0 Å². The number of rotatable bonds is 9. The van der Waals surface area contributed by atoms with Crippen LogP contribution < -0.4 is 20.5 Å². The number of hydrogen-bond donors (Lipinski definition) is 2. The van der Waals surface area contributed by atoms with Gasteiger partial charge in [-0.15, -0.1) is 0 Å². The number of ether oxygens (including phenoxy) is 3. The molecule has 0 saturated heterocycles. The van der Waals surface area contributed by atoms with Gasteiger partial charge in [-0.25, -0.2) is 0 Å². The van der Waals surface area contributed by atoms with E-state index in [1.165, 1.54) is 0 Å². The van der Waals surface area contributed by atoms with E-state index in [2.05, 4.69) is 5.32 Å². The van der Waals surface area contributed by atoms with Crippen LogP contribution in [0.2, 0.25) is 0 Å². The number of nitrogens with two attached hydrogens (primary N) is 1. The van der Waals surface area contributed by atoms with Gasteiger partial charge < -0.3 is 25.3 Å². The smallest absolute Gasteiger partial charge is 0.258 e. The quantitative estimate of drug-likeness (QED) is 0.702. The van der Waals surface area contributed by atoms with E-state index in [9.17, 15) is 4.79 Å². The Morgan fingerprint density at radius 1 is 1.38 bits per heavy atom. The molecule has 0 heterocycles. The second-order valence-corrected chi connectivity index (χ2v) is 4.70. The summed E-state index contributed by atoms with van der Waals surface area (Å²) in [5.41, 5.74) is 6.51. The summed E-state index contributed by atoms with van der Waals surface area (Å²) in [5, 5.41) is 2.79. The third-order valence-electron chi connectivity index (χ3n) is 2.87. The summed E-state index contributed by atoms with van der Waals surface area (Å²) in [6.07, 6.45) is 0.661. The molecule has 0 saturated carbocycles. The molecule has 0 aromatic heterocycles. The first-order valence-corrected chi connectivity index (χ1v) is 6.89. The lowest BCUT2D eigenvalue weighted by Crippen LogP contribution is -2.38.